The Hall–Kier alpha value is -2.76. The van der Waals surface area contributed by atoms with Gasteiger partial charge in [-0.25, -0.2) is 0 Å². The summed E-state index contributed by atoms with van der Waals surface area (Å²) in [6, 6.07) is 10.1. The predicted octanol–water partition coefficient (Wildman–Crippen LogP) is 2.21. The fraction of sp³-hybridized carbons (Fsp3) is 0.333. The lowest BCUT2D eigenvalue weighted by atomic mass is 10.1. The number of rotatable bonds is 5. The van der Waals surface area contributed by atoms with Crippen molar-refractivity contribution in [3.05, 3.63) is 54.0 Å². The molecule has 1 aliphatic heterocycles. The van der Waals surface area contributed by atoms with Crippen LogP contribution in [-0.4, -0.2) is 36.4 Å². The molecule has 2 aromatic rings. The monoisotopic (exact) mass is 328 g/mol. The molecule has 0 aliphatic carbocycles. The first-order valence-electron chi connectivity index (χ1n) is 7.94. The second-order valence-corrected chi connectivity index (χ2v) is 5.68. The summed E-state index contributed by atoms with van der Waals surface area (Å²) in [4.78, 5) is 26.7. The normalized spacial score (nSPS) is 16.9. The number of hydrogen-bond donors (Lipinski definition) is 1. The fourth-order valence-corrected chi connectivity index (χ4v) is 2.89. The van der Waals surface area contributed by atoms with Crippen molar-refractivity contribution in [2.24, 2.45) is 0 Å². The van der Waals surface area contributed by atoms with Gasteiger partial charge in [-0.3, -0.25) is 9.59 Å². The average Bonchev–Trinajstić information content (AvgIpc) is 3.30. The molecular formula is C18H20N2O4. The summed E-state index contributed by atoms with van der Waals surface area (Å²) < 4.78 is 10.3. The van der Waals surface area contributed by atoms with E-state index in [1.54, 1.807) is 54.7 Å². The SMILES string of the molecule is COc1ccc(C(=O)N2CCCC2C(=O)NCc2ccco2)cc1. The smallest absolute Gasteiger partial charge is 0.254 e. The van der Waals surface area contributed by atoms with Crippen LogP contribution in [0.2, 0.25) is 0 Å². The summed E-state index contributed by atoms with van der Waals surface area (Å²) in [6.45, 7) is 0.913. The zero-order valence-electron chi connectivity index (χ0n) is 13.5. The molecule has 0 spiro atoms. The molecular weight excluding hydrogens is 308 g/mol. The maximum absolute atomic E-state index is 12.7. The molecule has 0 radical (unpaired) electrons. The maximum Gasteiger partial charge on any atom is 0.254 e. The van der Waals surface area contributed by atoms with Crippen molar-refractivity contribution in [2.75, 3.05) is 13.7 Å². The van der Waals surface area contributed by atoms with E-state index in [1.807, 2.05) is 0 Å². The van der Waals surface area contributed by atoms with Gasteiger partial charge in [-0.1, -0.05) is 0 Å². The highest BCUT2D eigenvalue weighted by atomic mass is 16.5. The molecule has 1 aliphatic rings. The molecule has 1 unspecified atom stereocenters. The van der Waals surface area contributed by atoms with E-state index >= 15 is 0 Å². The van der Waals surface area contributed by atoms with Gasteiger partial charge in [-0.15, -0.1) is 0 Å². The number of likely N-dealkylation sites (tertiary alicyclic amines) is 1. The van der Waals surface area contributed by atoms with E-state index in [0.29, 0.717) is 36.6 Å². The Bertz CT molecular complexity index is 694. The molecule has 126 valence electrons. The van der Waals surface area contributed by atoms with E-state index in [-0.39, 0.29) is 11.8 Å². The largest absolute Gasteiger partial charge is 0.497 e. The van der Waals surface area contributed by atoms with Crippen LogP contribution in [0.1, 0.15) is 29.0 Å². The van der Waals surface area contributed by atoms with Crippen molar-refractivity contribution in [2.45, 2.75) is 25.4 Å². The number of benzene rings is 1. The van der Waals surface area contributed by atoms with Crippen molar-refractivity contribution in [3.8, 4) is 5.75 Å². The third-order valence-corrected chi connectivity index (χ3v) is 4.17. The number of nitrogens with zero attached hydrogens (tertiary/aromatic N) is 1. The quantitative estimate of drug-likeness (QED) is 0.913. The van der Waals surface area contributed by atoms with Gasteiger partial charge in [0.25, 0.3) is 5.91 Å². The van der Waals surface area contributed by atoms with Gasteiger partial charge < -0.3 is 19.4 Å². The van der Waals surface area contributed by atoms with E-state index in [1.165, 1.54) is 0 Å². The van der Waals surface area contributed by atoms with E-state index < -0.39 is 6.04 Å². The van der Waals surface area contributed by atoms with Gasteiger partial charge in [-0.2, -0.15) is 0 Å². The molecule has 0 bridgehead atoms. The molecule has 0 saturated carbocycles. The van der Waals surface area contributed by atoms with Gasteiger partial charge in [0, 0.05) is 12.1 Å². The number of nitrogens with one attached hydrogen (secondary N) is 1. The molecule has 2 amide bonds. The Kier molecular flexibility index (Phi) is 4.84. The molecule has 3 rings (SSSR count). The van der Waals surface area contributed by atoms with E-state index in [2.05, 4.69) is 5.32 Å². The number of carbonyl (C=O) groups excluding carboxylic acids is 2. The van der Waals surface area contributed by atoms with Crippen molar-refractivity contribution in [3.63, 3.8) is 0 Å². The zero-order chi connectivity index (χ0) is 16.9. The summed E-state index contributed by atoms with van der Waals surface area (Å²) in [6.07, 6.45) is 3.06. The maximum atomic E-state index is 12.7. The zero-order valence-corrected chi connectivity index (χ0v) is 13.5. The average molecular weight is 328 g/mol. The van der Waals surface area contributed by atoms with Crippen LogP contribution in [0.25, 0.3) is 0 Å². The van der Waals surface area contributed by atoms with Gasteiger partial charge in [0.05, 0.1) is 19.9 Å². The van der Waals surface area contributed by atoms with Crippen LogP contribution in [0.4, 0.5) is 0 Å². The van der Waals surface area contributed by atoms with Crippen LogP contribution >= 0.6 is 0 Å². The van der Waals surface area contributed by atoms with Gasteiger partial charge in [0.2, 0.25) is 5.91 Å². The molecule has 2 heterocycles. The van der Waals surface area contributed by atoms with Gasteiger partial charge in [0.1, 0.15) is 17.6 Å². The highest BCUT2D eigenvalue weighted by Crippen LogP contribution is 2.21. The second-order valence-electron chi connectivity index (χ2n) is 5.68. The highest BCUT2D eigenvalue weighted by molar-refractivity contribution is 5.98. The number of hydrogen-bond acceptors (Lipinski definition) is 4. The summed E-state index contributed by atoms with van der Waals surface area (Å²) in [5.74, 6) is 1.11. The third kappa shape index (κ3) is 3.42. The first-order valence-corrected chi connectivity index (χ1v) is 7.94. The van der Waals surface area contributed by atoms with E-state index in [0.717, 1.165) is 6.42 Å². The molecule has 1 atom stereocenters. The Balaban J connectivity index is 1.65. The minimum absolute atomic E-state index is 0.131. The molecule has 1 saturated heterocycles. The molecule has 1 fully saturated rings. The molecule has 24 heavy (non-hydrogen) atoms. The number of amides is 2. The summed E-state index contributed by atoms with van der Waals surface area (Å²) in [7, 11) is 1.58. The van der Waals surface area contributed by atoms with Gasteiger partial charge in [0.15, 0.2) is 0 Å². The summed E-state index contributed by atoms with van der Waals surface area (Å²) in [5.41, 5.74) is 0.557. The minimum atomic E-state index is -0.436. The lowest BCUT2D eigenvalue weighted by molar-refractivity contribution is -0.125. The van der Waals surface area contributed by atoms with Crippen molar-refractivity contribution < 1.29 is 18.7 Å². The van der Waals surface area contributed by atoms with E-state index in [4.69, 9.17) is 9.15 Å². The van der Waals surface area contributed by atoms with Gasteiger partial charge in [-0.05, 0) is 49.2 Å². The summed E-state index contributed by atoms with van der Waals surface area (Å²) >= 11 is 0. The van der Waals surface area contributed by atoms with Crippen molar-refractivity contribution in [1.82, 2.24) is 10.2 Å². The van der Waals surface area contributed by atoms with Crippen LogP contribution in [0.15, 0.2) is 47.1 Å². The van der Waals surface area contributed by atoms with Crippen molar-refractivity contribution >= 4 is 11.8 Å². The molecule has 1 N–H and O–H groups in total. The lowest BCUT2D eigenvalue weighted by Crippen LogP contribution is -2.45. The number of ether oxygens (including phenoxy) is 1. The highest BCUT2D eigenvalue weighted by Gasteiger charge is 2.34. The Morgan fingerprint density at radius 1 is 1.29 bits per heavy atom. The second kappa shape index (κ2) is 7.21. The molecule has 6 nitrogen and oxygen atoms in total. The molecule has 1 aromatic heterocycles. The van der Waals surface area contributed by atoms with Crippen LogP contribution in [0.3, 0.4) is 0 Å². The number of carbonyl (C=O) groups is 2. The standard InChI is InChI=1S/C18H20N2O4/c1-23-14-8-6-13(7-9-14)18(22)20-10-2-5-16(20)17(21)19-12-15-4-3-11-24-15/h3-4,6-9,11,16H,2,5,10,12H2,1H3,(H,19,21). The topological polar surface area (TPSA) is 71.8 Å². The summed E-state index contributed by atoms with van der Waals surface area (Å²) in [5, 5.41) is 2.83. The number of furan rings is 1. The van der Waals surface area contributed by atoms with Crippen LogP contribution in [0.5, 0.6) is 5.75 Å². The first-order chi connectivity index (χ1) is 11.7. The van der Waals surface area contributed by atoms with Crippen LogP contribution < -0.4 is 10.1 Å². The third-order valence-electron chi connectivity index (χ3n) is 4.17. The Labute approximate surface area is 140 Å². The number of methoxy groups -OCH3 is 1. The van der Waals surface area contributed by atoms with Gasteiger partial charge >= 0.3 is 0 Å². The molecule has 1 aromatic carbocycles. The predicted molar refractivity (Wildman–Crippen MR) is 87.6 cm³/mol. The Morgan fingerprint density at radius 2 is 2.08 bits per heavy atom. The minimum Gasteiger partial charge on any atom is -0.497 e. The van der Waals surface area contributed by atoms with Crippen LogP contribution in [-0.2, 0) is 11.3 Å². The molecule has 6 heteroatoms. The van der Waals surface area contributed by atoms with Crippen molar-refractivity contribution in [1.29, 1.82) is 0 Å². The first kappa shape index (κ1) is 16.1. The fourth-order valence-electron chi connectivity index (χ4n) is 2.89. The lowest BCUT2D eigenvalue weighted by Gasteiger charge is -2.24. The van der Waals surface area contributed by atoms with E-state index in [9.17, 15) is 9.59 Å². The Morgan fingerprint density at radius 3 is 2.75 bits per heavy atom. The van der Waals surface area contributed by atoms with Crippen LogP contribution in [0, 0.1) is 0 Å².